The van der Waals surface area contributed by atoms with Crippen LogP contribution in [0.4, 0.5) is 0 Å². The number of nitrogens with zero attached hydrogens (tertiary/aromatic N) is 1. The summed E-state index contributed by atoms with van der Waals surface area (Å²) in [5.41, 5.74) is 0. The normalized spacial score (nSPS) is 17.7. The molecule has 1 fully saturated rings. The molecule has 0 atom stereocenters. The Morgan fingerprint density at radius 2 is 2.00 bits per heavy atom. The fraction of sp³-hybridized carbons (Fsp3) is 1.00. The molecule has 90 valence electrons. The fourth-order valence-electron chi connectivity index (χ4n) is 1.56. The SMILES string of the molecule is CNCCS(=O)(=O)N(CC(C)C)C1CC1. The number of nitrogens with one attached hydrogen (secondary N) is 1. The Hall–Kier alpha value is -0.130. The van der Waals surface area contributed by atoms with Crippen LogP contribution in [-0.4, -0.2) is 44.7 Å². The van der Waals surface area contributed by atoms with Crippen LogP contribution in [0.5, 0.6) is 0 Å². The third-order valence-electron chi connectivity index (χ3n) is 2.47. The maximum atomic E-state index is 12.0. The van der Waals surface area contributed by atoms with E-state index in [9.17, 15) is 8.42 Å². The van der Waals surface area contributed by atoms with Crippen LogP contribution in [0.25, 0.3) is 0 Å². The molecule has 5 heteroatoms. The summed E-state index contributed by atoms with van der Waals surface area (Å²) in [6.45, 7) is 5.31. The Bertz CT molecular complexity index is 284. The molecule has 0 bridgehead atoms. The number of hydrogen-bond donors (Lipinski definition) is 1. The highest BCUT2D eigenvalue weighted by atomic mass is 32.2. The van der Waals surface area contributed by atoms with Crippen LogP contribution in [0.3, 0.4) is 0 Å². The van der Waals surface area contributed by atoms with E-state index in [1.54, 1.807) is 11.4 Å². The van der Waals surface area contributed by atoms with E-state index < -0.39 is 10.0 Å². The second-order valence-corrected chi connectivity index (χ2v) is 6.66. The van der Waals surface area contributed by atoms with Gasteiger partial charge in [0.1, 0.15) is 0 Å². The largest absolute Gasteiger partial charge is 0.319 e. The molecule has 0 unspecified atom stereocenters. The Morgan fingerprint density at radius 3 is 2.40 bits per heavy atom. The van der Waals surface area contributed by atoms with Crippen molar-refractivity contribution >= 4 is 10.0 Å². The van der Waals surface area contributed by atoms with Crippen molar-refractivity contribution in [1.29, 1.82) is 0 Å². The highest BCUT2D eigenvalue weighted by Gasteiger charge is 2.36. The molecular formula is C10H22N2O2S. The van der Waals surface area contributed by atoms with Gasteiger partial charge in [-0.25, -0.2) is 8.42 Å². The van der Waals surface area contributed by atoms with Crippen molar-refractivity contribution in [3.8, 4) is 0 Å². The average molecular weight is 234 g/mol. The van der Waals surface area contributed by atoms with E-state index in [0.29, 0.717) is 19.0 Å². The van der Waals surface area contributed by atoms with Gasteiger partial charge in [-0.3, -0.25) is 0 Å². The fourth-order valence-corrected chi connectivity index (χ4v) is 3.45. The molecule has 0 aromatic rings. The van der Waals surface area contributed by atoms with E-state index in [0.717, 1.165) is 12.8 Å². The predicted octanol–water partition coefficient (Wildman–Crippen LogP) is 0.656. The van der Waals surface area contributed by atoms with Gasteiger partial charge in [-0.15, -0.1) is 0 Å². The first-order valence-corrected chi connectivity index (χ1v) is 7.22. The first kappa shape index (κ1) is 12.9. The van der Waals surface area contributed by atoms with Gasteiger partial charge in [-0.2, -0.15) is 4.31 Å². The lowest BCUT2D eigenvalue weighted by Crippen LogP contribution is -2.39. The van der Waals surface area contributed by atoms with Crippen molar-refractivity contribution < 1.29 is 8.42 Å². The van der Waals surface area contributed by atoms with Crippen LogP contribution >= 0.6 is 0 Å². The lowest BCUT2D eigenvalue weighted by molar-refractivity contribution is 0.360. The van der Waals surface area contributed by atoms with Crippen molar-refractivity contribution in [2.75, 3.05) is 25.9 Å². The van der Waals surface area contributed by atoms with Gasteiger partial charge in [0.2, 0.25) is 10.0 Å². The van der Waals surface area contributed by atoms with Gasteiger partial charge >= 0.3 is 0 Å². The van der Waals surface area contributed by atoms with Gasteiger partial charge < -0.3 is 5.32 Å². The molecule has 1 saturated carbocycles. The van der Waals surface area contributed by atoms with Gasteiger partial charge in [0, 0.05) is 19.1 Å². The number of sulfonamides is 1. The lowest BCUT2D eigenvalue weighted by atomic mass is 10.2. The Morgan fingerprint density at radius 1 is 1.40 bits per heavy atom. The molecular weight excluding hydrogens is 212 g/mol. The quantitative estimate of drug-likeness (QED) is 0.704. The Balaban J connectivity index is 2.61. The molecule has 1 aliphatic rings. The van der Waals surface area contributed by atoms with Crippen LogP contribution in [-0.2, 0) is 10.0 Å². The van der Waals surface area contributed by atoms with Crippen LogP contribution in [0.15, 0.2) is 0 Å². The molecule has 15 heavy (non-hydrogen) atoms. The van der Waals surface area contributed by atoms with E-state index in [4.69, 9.17) is 0 Å². The van der Waals surface area contributed by atoms with Crippen molar-refractivity contribution in [2.24, 2.45) is 5.92 Å². The van der Waals surface area contributed by atoms with Crippen LogP contribution in [0.1, 0.15) is 26.7 Å². The van der Waals surface area contributed by atoms with E-state index >= 15 is 0 Å². The second-order valence-electron chi connectivity index (χ2n) is 4.61. The molecule has 0 aliphatic heterocycles. The zero-order chi connectivity index (χ0) is 11.5. The highest BCUT2D eigenvalue weighted by Crippen LogP contribution is 2.30. The minimum atomic E-state index is -3.05. The molecule has 1 N–H and O–H groups in total. The summed E-state index contributed by atoms with van der Waals surface area (Å²) >= 11 is 0. The van der Waals surface area contributed by atoms with E-state index in [1.807, 2.05) is 0 Å². The van der Waals surface area contributed by atoms with Crippen LogP contribution < -0.4 is 5.32 Å². The van der Waals surface area contributed by atoms with E-state index in [2.05, 4.69) is 19.2 Å². The standard InChI is InChI=1S/C10H22N2O2S/c1-9(2)8-12(10-4-5-10)15(13,14)7-6-11-3/h9-11H,4-8H2,1-3H3. The van der Waals surface area contributed by atoms with E-state index in [1.165, 1.54) is 0 Å². The van der Waals surface area contributed by atoms with Gasteiger partial charge in [-0.05, 0) is 25.8 Å². The molecule has 0 radical (unpaired) electrons. The molecule has 0 aromatic carbocycles. The first-order chi connectivity index (χ1) is 6.97. The molecule has 0 amide bonds. The Labute approximate surface area is 93.1 Å². The summed E-state index contributed by atoms with van der Waals surface area (Å²) in [4.78, 5) is 0. The molecule has 1 rings (SSSR count). The number of rotatable bonds is 7. The molecule has 4 nitrogen and oxygen atoms in total. The molecule has 0 heterocycles. The highest BCUT2D eigenvalue weighted by molar-refractivity contribution is 7.89. The maximum absolute atomic E-state index is 12.0. The summed E-state index contributed by atoms with van der Waals surface area (Å²) < 4.78 is 25.7. The van der Waals surface area contributed by atoms with Crippen LogP contribution in [0.2, 0.25) is 0 Å². The summed E-state index contributed by atoms with van der Waals surface area (Å²) in [5, 5.41) is 2.89. The predicted molar refractivity (Wildman–Crippen MR) is 62.3 cm³/mol. The van der Waals surface area contributed by atoms with Crippen molar-refractivity contribution in [3.63, 3.8) is 0 Å². The molecule has 0 spiro atoms. The molecule has 1 aliphatic carbocycles. The van der Waals surface area contributed by atoms with Crippen molar-refractivity contribution in [1.82, 2.24) is 9.62 Å². The maximum Gasteiger partial charge on any atom is 0.215 e. The summed E-state index contributed by atoms with van der Waals surface area (Å²) in [6.07, 6.45) is 2.07. The summed E-state index contributed by atoms with van der Waals surface area (Å²) in [5.74, 6) is 0.613. The minimum Gasteiger partial charge on any atom is -0.319 e. The third kappa shape index (κ3) is 4.09. The average Bonchev–Trinajstić information content (AvgIpc) is 2.94. The van der Waals surface area contributed by atoms with Crippen molar-refractivity contribution in [2.45, 2.75) is 32.7 Å². The minimum absolute atomic E-state index is 0.215. The zero-order valence-corrected chi connectivity index (χ0v) is 10.7. The Kier molecular flexibility index (Phi) is 4.55. The van der Waals surface area contributed by atoms with Gasteiger partial charge in [-0.1, -0.05) is 13.8 Å². The topological polar surface area (TPSA) is 49.4 Å². The van der Waals surface area contributed by atoms with Gasteiger partial charge in [0.25, 0.3) is 0 Å². The van der Waals surface area contributed by atoms with Gasteiger partial charge in [0.05, 0.1) is 5.75 Å². The summed E-state index contributed by atoms with van der Waals surface area (Å²) in [7, 11) is -1.27. The van der Waals surface area contributed by atoms with Gasteiger partial charge in [0.15, 0.2) is 0 Å². The van der Waals surface area contributed by atoms with Crippen LogP contribution in [0, 0.1) is 5.92 Å². The molecule has 0 saturated heterocycles. The number of hydrogen-bond acceptors (Lipinski definition) is 3. The first-order valence-electron chi connectivity index (χ1n) is 5.61. The van der Waals surface area contributed by atoms with E-state index in [-0.39, 0.29) is 11.8 Å². The smallest absolute Gasteiger partial charge is 0.215 e. The van der Waals surface area contributed by atoms with Crippen molar-refractivity contribution in [3.05, 3.63) is 0 Å². The lowest BCUT2D eigenvalue weighted by Gasteiger charge is -2.23. The monoisotopic (exact) mass is 234 g/mol. The third-order valence-corrected chi connectivity index (χ3v) is 4.35. The second kappa shape index (κ2) is 5.27. The molecule has 0 aromatic heterocycles. The zero-order valence-electron chi connectivity index (χ0n) is 9.86. The summed E-state index contributed by atoms with van der Waals surface area (Å²) in [6, 6.07) is 0.286.